The van der Waals surface area contributed by atoms with Crippen molar-refractivity contribution in [2.24, 2.45) is 5.92 Å². The van der Waals surface area contributed by atoms with Gasteiger partial charge in [0.05, 0.1) is 6.54 Å². The Morgan fingerprint density at radius 3 is 2.57 bits per heavy atom. The molecule has 0 aliphatic carbocycles. The summed E-state index contributed by atoms with van der Waals surface area (Å²) in [6.07, 6.45) is 3.58. The lowest BCUT2D eigenvalue weighted by atomic mass is 9.94. The van der Waals surface area contributed by atoms with Crippen LogP contribution in [0.25, 0.3) is 0 Å². The minimum absolute atomic E-state index is 0.0261. The highest BCUT2D eigenvalue weighted by Crippen LogP contribution is 2.29. The van der Waals surface area contributed by atoms with Gasteiger partial charge in [-0.2, -0.15) is 0 Å². The number of amides is 3. The number of fused-ring (bicyclic) bond motifs is 4. The van der Waals surface area contributed by atoms with Gasteiger partial charge in [0.25, 0.3) is 5.91 Å². The first-order valence-electron chi connectivity index (χ1n) is 9.58. The number of aromatic nitrogens is 4. The monoisotopic (exact) mass is 383 g/mol. The van der Waals surface area contributed by atoms with Gasteiger partial charge in [-0.25, -0.2) is 9.48 Å². The molecule has 2 aromatic rings. The van der Waals surface area contributed by atoms with Crippen LogP contribution in [-0.2, 0) is 6.54 Å². The summed E-state index contributed by atoms with van der Waals surface area (Å²) >= 11 is 0. The summed E-state index contributed by atoms with van der Waals surface area (Å²) < 4.78 is 1.64. The lowest BCUT2D eigenvalue weighted by Crippen LogP contribution is -2.48. The number of benzene rings is 1. The zero-order valence-electron chi connectivity index (χ0n) is 16.2. The average Bonchev–Trinajstić information content (AvgIpc) is 3.04. The van der Waals surface area contributed by atoms with E-state index in [1.165, 1.54) is 0 Å². The second-order valence-corrected chi connectivity index (χ2v) is 7.84. The first-order valence-corrected chi connectivity index (χ1v) is 9.58. The first-order chi connectivity index (χ1) is 13.5. The molecule has 3 fully saturated rings. The smallest absolute Gasteiger partial charge is 0.319 e. The Balaban J connectivity index is 1.46. The molecule has 3 aliphatic heterocycles. The van der Waals surface area contributed by atoms with Crippen molar-refractivity contribution < 1.29 is 9.59 Å². The van der Waals surface area contributed by atoms with Crippen LogP contribution in [0.15, 0.2) is 30.6 Å². The van der Waals surface area contributed by atoms with Gasteiger partial charge >= 0.3 is 6.03 Å². The summed E-state index contributed by atoms with van der Waals surface area (Å²) in [4.78, 5) is 31.0. The number of urea groups is 1. The van der Waals surface area contributed by atoms with E-state index in [1.807, 2.05) is 34.1 Å². The van der Waals surface area contributed by atoms with Gasteiger partial charge in [0.15, 0.2) is 0 Å². The third kappa shape index (κ3) is 3.69. The molecule has 9 nitrogen and oxygen atoms in total. The highest BCUT2D eigenvalue weighted by Gasteiger charge is 2.39. The molecule has 3 amide bonds. The fraction of sp³-hybridized carbons (Fsp3) is 0.526. The van der Waals surface area contributed by atoms with Gasteiger partial charge in [0.2, 0.25) is 0 Å². The molecule has 148 valence electrons. The van der Waals surface area contributed by atoms with Crippen molar-refractivity contribution in [3.8, 4) is 0 Å². The molecule has 0 unspecified atom stereocenters. The molecule has 5 rings (SSSR count). The highest BCUT2D eigenvalue weighted by atomic mass is 16.2. The van der Waals surface area contributed by atoms with Crippen molar-refractivity contribution in [2.45, 2.75) is 25.4 Å². The van der Waals surface area contributed by atoms with Gasteiger partial charge in [-0.1, -0.05) is 12.1 Å². The highest BCUT2D eigenvalue weighted by molar-refractivity contribution is 5.94. The van der Waals surface area contributed by atoms with E-state index in [4.69, 9.17) is 0 Å². The van der Waals surface area contributed by atoms with E-state index >= 15 is 0 Å². The Bertz CT molecular complexity index is 834. The maximum absolute atomic E-state index is 13.2. The number of nitrogens with zero attached hydrogens (tertiary/aromatic N) is 7. The van der Waals surface area contributed by atoms with Gasteiger partial charge in [-0.05, 0) is 46.9 Å². The number of tetrazole rings is 1. The molecule has 28 heavy (non-hydrogen) atoms. The third-order valence-electron chi connectivity index (χ3n) is 5.56. The molecule has 0 radical (unpaired) electrons. The Kier molecular flexibility index (Phi) is 4.97. The van der Waals surface area contributed by atoms with E-state index in [0.29, 0.717) is 31.1 Å². The van der Waals surface area contributed by atoms with Crippen LogP contribution in [0.5, 0.6) is 0 Å². The second kappa shape index (κ2) is 7.57. The Hall–Kier alpha value is -2.97. The fourth-order valence-electron chi connectivity index (χ4n) is 4.13. The normalized spacial score (nSPS) is 21.5. The van der Waals surface area contributed by atoms with Crippen LogP contribution in [0.2, 0.25) is 0 Å². The molecular formula is C19H25N7O2. The standard InChI is InChI=1S/C19H25N7O2/c1-23(2)19(28)24-9-15-5-8-17(12-24)26(11-15)18(27)16-6-3-14(4-7-16)10-25-13-20-21-22-25/h3-4,6-7,13,15,17H,5,8-12H2,1-2H3/t15-,17+/m1/s1. The summed E-state index contributed by atoms with van der Waals surface area (Å²) in [6, 6.07) is 7.71. The predicted octanol–water partition coefficient (Wildman–Crippen LogP) is 0.939. The molecule has 2 atom stereocenters. The zero-order valence-corrected chi connectivity index (χ0v) is 16.2. The van der Waals surface area contributed by atoms with E-state index in [2.05, 4.69) is 15.5 Å². The summed E-state index contributed by atoms with van der Waals surface area (Å²) in [5.41, 5.74) is 1.71. The number of hydrogen-bond donors (Lipinski definition) is 0. The molecule has 0 spiro atoms. The van der Waals surface area contributed by atoms with Gasteiger partial charge in [-0.15, -0.1) is 5.10 Å². The topological polar surface area (TPSA) is 87.5 Å². The Labute approximate surface area is 163 Å². The summed E-state index contributed by atoms with van der Waals surface area (Å²) in [5.74, 6) is 0.383. The Morgan fingerprint density at radius 1 is 1.11 bits per heavy atom. The van der Waals surface area contributed by atoms with Crippen molar-refractivity contribution in [1.82, 2.24) is 34.9 Å². The van der Waals surface area contributed by atoms with Crippen LogP contribution < -0.4 is 0 Å². The van der Waals surface area contributed by atoms with Crippen LogP contribution in [0.3, 0.4) is 0 Å². The minimum atomic E-state index is 0.0261. The molecule has 0 saturated carbocycles. The third-order valence-corrected chi connectivity index (χ3v) is 5.56. The molecule has 1 aromatic carbocycles. The number of rotatable bonds is 3. The van der Waals surface area contributed by atoms with E-state index in [0.717, 1.165) is 24.9 Å². The molecule has 3 saturated heterocycles. The molecule has 1 aromatic heterocycles. The lowest BCUT2D eigenvalue weighted by molar-refractivity contribution is 0.0585. The van der Waals surface area contributed by atoms with Crippen LogP contribution in [0, 0.1) is 5.92 Å². The van der Waals surface area contributed by atoms with Crippen LogP contribution in [-0.4, -0.2) is 86.6 Å². The summed E-state index contributed by atoms with van der Waals surface area (Å²) in [5, 5.41) is 11.1. The van der Waals surface area contributed by atoms with Crippen molar-refractivity contribution in [1.29, 1.82) is 0 Å². The quantitative estimate of drug-likeness (QED) is 0.787. The number of piperidine rings is 1. The molecular weight excluding hydrogens is 358 g/mol. The number of carbonyl (C=O) groups excluding carboxylic acids is 2. The van der Waals surface area contributed by atoms with Crippen LogP contribution in [0.1, 0.15) is 28.8 Å². The summed E-state index contributed by atoms with van der Waals surface area (Å²) in [6.45, 7) is 2.61. The molecule has 0 N–H and O–H groups in total. The number of carbonyl (C=O) groups is 2. The molecule has 9 heteroatoms. The van der Waals surface area contributed by atoms with Crippen molar-refractivity contribution in [2.75, 3.05) is 33.7 Å². The van der Waals surface area contributed by atoms with Gasteiger partial charge in [-0.3, -0.25) is 4.79 Å². The van der Waals surface area contributed by atoms with Crippen molar-refractivity contribution >= 4 is 11.9 Å². The summed E-state index contributed by atoms with van der Waals surface area (Å²) in [7, 11) is 3.55. The average molecular weight is 383 g/mol. The second-order valence-electron chi connectivity index (χ2n) is 7.84. The van der Waals surface area contributed by atoms with Crippen molar-refractivity contribution in [3.05, 3.63) is 41.7 Å². The van der Waals surface area contributed by atoms with E-state index in [9.17, 15) is 9.59 Å². The minimum Gasteiger partial charge on any atom is -0.334 e. The van der Waals surface area contributed by atoms with E-state index in [-0.39, 0.29) is 18.0 Å². The van der Waals surface area contributed by atoms with Crippen molar-refractivity contribution in [3.63, 3.8) is 0 Å². The molecule has 2 bridgehead atoms. The Morgan fingerprint density at radius 2 is 1.89 bits per heavy atom. The van der Waals surface area contributed by atoms with Crippen LogP contribution >= 0.6 is 0 Å². The lowest BCUT2D eigenvalue weighted by Gasteiger charge is -2.36. The van der Waals surface area contributed by atoms with Gasteiger partial charge in [0.1, 0.15) is 6.33 Å². The van der Waals surface area contributed by atoms with Gasteiger partial charge < -0.3 is 14.7 Å². The maximum atomic E-state index is 13.2. The maximum Gasteiger partial charge on any atom is 0.319 e. The molecule has 3 aliphatic rings. The fourth-order valence-corrected chi connectivity index (χ4v) is 4.13. The van der Waals surface area contributed by atoms with E-state index < -0.39 is 0 Å². The zero-order chi connectivity index (χ0) is 19.7. The SMILES string of the molecule is CN(C)C(=O)N1C[C@H]2CC[C@@H](C1)N(C(=O)c1ccc(Cn3cnnn3)cc1)C2. The predicted molar refractivity (Wildman–Crippen MR) is 102 cm³/mol. The van der Waals surface area contributed by atoms with Gasteiger partial charge in [0, 0.05) is 45.3 Å². The largest absolute Gasteiger partial charge is 0.334 e. The molecule has 4 heterocycles. The number of hydrogen-bond acceptors (Lipinski definition) is 5. The van der Waals surface area contributed by atoms with E-state index in [1.54, 1.807) is 30.0 Å². The first kappa shape index (κ1) is 18.4. The van der Waals surface area contributed by atoms with Crippen LogP contribution in [0.4, 0.5) is 4.79 Å².